The van der Waals surface area contributed by atoms with E-state index in [1.807, 2.05) is 42.5 Å². The van der Waals surface area contributed by atoms with Crippen LogP contribution in [0.2, 0.25) is 0 Å². The Labute approximate surface area is 162 Å². The summed E-state index contributed by atoms with van der Waals surface area (Å²) in [6.45, 7) is 0. The van der Waals surface area contributed by atoms with Gasteiger partial charge in [-0.15, -0.1) is 0 Å². The lowest BCUT2D eigenvalue weighted by atomic mass is 10.1. The molecule has 4 rings (SSSR count). The fraction of sp³-hybridized carbons (Fsp3) is 0. The number of benzene rings is 4. The van der Waals surface area contributed by atoms with Gasteiger partial charge in [-0.3, -0.25) is 0 Å². The van der Waals surface area contributed by atoms with Crippen molar-refractivity contribution in [3.63, 3.8) is 0 Å². The Balaban J connectivity index is 1.55. The number of hydrogen-bond donors (Lipinski definition) is 0. The molecule has 4 aromatic carbocycles. The minimum absolute atomic E-state index is 0.274. The molecule has 0 saturated carbocycles. The van der Waals surface area contributed by atoms with Crippen LogP contribution >= 0.6 is 0 Å². The number of rotatable bonds is 4. The lowest BCUT2D eigenvalue weighted by Gasteiger charge is -2.09. The zero-order chi connectivity index (χ0) is 19.3. The highest BCUT2D eigenvalue weighted by Gasteiger charge is 2.15. The van der Waals surface area contributed by atoms with Crippen molar-refractivity contribution < 1.29 is 19.1 Å². The molecule has 0 amide bonds. The minimum atomic E-state index is -0.536. The zero-order valence-corrected chi connectivity index (χ0v) is 14.9. The second-order valence-corrected chi connectivity index (χ2v) is 6.15. The van der Waals surface area contributed by atoms with Gasteiger partial charge in [0.15, 0.2) is 0 Å². The van der Waals surface area contributed by atoms with Crippen molar-refractivity contribution in [2.45, 2.75) is 0 Å². The number of esters is 2. The average Bonchev–Trinajstić information content (AvgIpc) is 2.75. The molecule has 0 aliphatic rings. The zero-order valence-electron chi connectivity index (χ0n) is 14.9. The van der Waals surface area contributed by atoms with Gasteiger partial charge in [0.05, 0.1) is 11.1 Å². The third kappa shape index (κ3) is 3.76. The van der Waals surface area contributed by atoms with Crippen molar-refractivity contribution in [2.24, 2.45) is 0 Å². The Hall–Kier alpha value is -3.92. The average molecular weight is 368 g/mol. The molecule has 0 bridgehead atoms. The van der Waals surface area contributed by atoms with Crippen LogP contribution in [0.15, 0.2) is 97.1 Å². The first-order valence-electron chi connectivity index (χ1n) is 8.78. The van der Waals surface area contributed by atoms with E-state index in [1.165, 1.54) is 6.07 Å². The van der Waals surface area contributed by atoms with Crippen molar-refractivity contribution in [2.75, 3.05) is 0 Å². The van der Waals surface area contributed by atoms with Crippen LogP contribution in [0.1, 0.15) is 20.7 Å². The number of para-hydroxylation sites is 1. The summed E-state index contributed by atoms with van der Waals surface area (Å²) < 4.78 is 10.9. The Morgan fingerprint density at radius 3 is 1.96 bits per heavy atom. The highest BCUT2D eigenvalue weighted by Crippen LogP contribution is 2.26. The molecule has 136 valence electrons. The van der Waals surface area contributed by atoms with E-state index in [0.29, 0.717) is 11.5 Å². The first-order valence-corrected chi connectivity index (χ1v) is 8.78. The number of ether oxygens (including phenoxy) is 2. The van der Waals surface area contributed by atoms with Gasteiger partial charge in [-0.05, 0) is 41.8 Å². The largest absolute Gasteiger partial charge is 0.423 e. The van der Waals surface area contributed by atoms with Gasteiger partial charge in [-0.2, -0.15) is 0 Å². The summed E-state index contributed by atoms with van der Waals surface area (Å²) in [5, 5.41) is 1.82. The molecule has 0 atom stereocenters. The molecule has 0 heterocycles. The van der Waals surface area contributed by atoms with Gasteiger partial charge < -0.3 is 9.47 Å². The van der Waals surface area contributed by atoms with Crippen molar-refractivity contribution in [1.29, 1.82) is 0 Å². The van der Waals surface area contributed by atoms with Crippen LogP contribution < -0.4 is 9.47 Å². The molecule has 0 spiro atoms. The fourth-order valence-electron chi connectivity index (χ4n) is 2.87. The molecule has 0 N–H and O–H groups in total. The van der Waals surface area contributed by atoms with Crippen LogP contribution in [0.3, 0.4) is 0 Å². The van der Waals surface area contributed by atoms with Crippen LogP contribution in [-0.2, 0) is 0 Å². The highest BCUT2D eigenvalue weighted by atomic mass is 16.5. The Kier molecular flexibility index (Phi) is 4.85. The first kappa shape index (κ1) is 17.5. The maximum absolute atomic E-state index is 12.6. The van der Waals surface area contributed by atoms with E-state index in [-0.39, 0.29) is 11.1 Å². The first-order chi connectivity index (χ1) is 13.7. The number of carbonyl (C=O) groups is 2. The van der Waals surface area contributed by atoms with E-state index in [0.717, 1.165) is 10.8 Å². The predicted molar refractivity (Wildman–Crippen MR) is 107 cm³/mol. The van der Waals surface area contributed by atoms with Crippen molar-refractivity contribution >= 4 is 22.7 Å². The Morgan fingerprint density at radius 2 is 1.18 bits per heavy atom. The van der Waals surface area contributed by atoms with Crippen LogP contribution in [-0.4, -0.2) is 11.9 Å². The minimum Gasteiger partial charge on any atom is -0.423 e. The second kappa shape index (κ2) is 7.76. The standard InChI is InChI=1S/C24H16O4/c25-23(27-20-12-2-1-3-13-20)18-10-6-11-19(16-18)24(26)28-22-15-7-9-17-8-4-5-14-21(17)22/h1-16H. The molecule has 0 aliphatic carbocycles. The van der Waals surface area contributed by atoms with Crippen LogP contribution in [0, 0.1) is 0 Å². The van der Waals surface area contributed by atoms with Gasteiger partial charge in [-0.1, -0.05) is 60.7 Å². The number of carbonyl (C=O) groups excluding carboxylic acids is 2. The molecular weight excluding hydrogens is 352 g/mol. The lowest BCUT2D eigenvalue weighted by molar-refractivity contribution is 0.0734. The summed E-state index contributed by atoms with van der Waals surface area (Å²) in [5.74, 6) is -0.159. The third-order valence-electron chi connectivity index (χ3n) is 4.24. The van der Waals surface area contributed by atoms with E-state index in [4.69, 9.17) is 9.47 Å². The smallest absolute Gasteiger partial charge is 0.343 e. The summed E-state index contributed by atoms with van der Waals surface area (Å²) in [4.78, 5) is 25.0. The molecule has 0 fully saturated rings. The fourth-order valence-corrected chi connectivity index (χ4v) is 2.87. The quantitative estimate of drug-likeness (QED) is 0.363. The van der Waals surface area contributed by atoms with Crippen molar-refractivity contribution in [3.05, 3.63) is 108 Å². The van der Waals surface area contributed by atoms with Gasteiger partial charge in [0.25, 0.3) is 0 Å². The van der Waals surface area contributed by atoms with Gasteiger partial charge in [-0.25, -0.2) is 9.59 Å². The molecule has 0 aromatic heterocycles. The number of hydrogen-bond acceptors (Lipinski definition) is 4. The molecule has 4 heteroatoms. The Bertz CT molecular complexity index is 1140. The van der Waals surface area contributed by atoms with E-state index in [9.17, 15) is 9.59 Å². The van der Waals surface area contributed by atoms with Gasteiger partial charge in [0.1, 0.15) is 11.5 Å². The predicted octanol–water partition coefficient (Wildman–Crippen LogP) is 5.28. The highest BCUT2D eigenvalue weighted by molar-refractivity contribution is 5.98. The van der Waals surface area contributed by atoms with Gasteiger partial charge in [0.2, 0.25) is 0 Å². The summed E-state index contributed by atoms with van der Waals surface area (Å²) >= 11 is 0. The molecular formula is C24H16O4. The SMILES string of the molecule is O=C(Oc1ccccc1)c1cccc(C(=O)Oc2cccc3ccccc23)c1. The van der Waals surface area contributed by atoms with Gasteiger partial charge in [0, 0.05) is 5.39 Å². The molecule has 28 heavy (non-hydrogen) atoms. The summed E-state index contributed by atoms with van der Waals surface area (Å²) in [5.41, 5.74) is 0.548. The van der Waals surface area contributed by atoms with Crippen LogP contribution in [0.25, 0.3) is 10.8 Å². The maximum atomic E-state index is 12.6. The Morgan fingerprint density at radius 1 is 0.571 bits per heavy atom. The molecule has 0 unspecified atom stereocenters. The normalized spacial score (nSPS) is 10.4. The molecule has 4 nitrogen and oxygen atoms in total. The molecule has 4 aromatic rings. The molecule has 0 saturated heterocycles. The van der Waals surface area contributed by atoms with Crippen LogP contribution in [0.5, 0.6) is 11.5 Å². The van der Waals surface area contributed by atoms with Crippen LogP contribution in [0.4, 0.5) is 0 Å². The number of fused-ring (bicyclic) bond motifs is 1. The maximum Gasteiger partial charge on any atom is 0.343 e. The van der Waals surface area contributed by atoms with Crippen molar-refractivity contribution in [1.82, 2.24) is 0 Å². The van der Waals surface area contributed by atoms with E-state index < -0.39 is 11.9 Å². The molecule has 0 radical (unpaired) electrons. The summed E-state index contributed by atoms with van der Waals surface area (Å²) in [7, 11) is 0. The third-order valence-corrected chi connectivity index (χ3v) is 4.24. The summed E-state index contributed by atoms with van der Waals surface area (Å²) in [6.07, 6.45) is 0. The van der Waals surface area contributed by atoms with E-state index in [2.05, 4.69) is 0 Å². The van der Waals surface area contributed by atoms with E-state index in [1.54, 1.807) is 48.5 Å². The topological polar surface area (TPSA) is 52.6 Å². The second-order valence-electron chi connectivity index (χ2n) is 6.15. The molecule has 0 aliphatic heterocycles. The van der Waals surface area contributed by atoms with E-state index >= 15 is 0 Å². The summed E-state index contributed by atoms with van der Waals surface area (Å²) in [6, 6.07) is 28.3. The monoisotopic (exact) mass is 368 g/mol. The van der Waals surface area contributed by atoms with Gasteiger partial charge >= 0.3 is 11.9 Å². The van der Waals surface area contributed by atoms with Crippen molar-refractivity contribution in [3.8, 4) is 11.5 Å². The lowest BCUT2D eigenvalue weighted by Crippen LogP contribution is -2.12.